The van der Waals surface area contributed by atoms with Crippen LogP contribution in [0.3, 0.4) is 0 Å². The predicted molar refractivity (Wildman–Crippen MR) is 85.7 cm³/mol. The van der Waals surface area contributed by atoms with E-state index in [2.05, 4.69) is 15.7 Å². The number of para-hydroxylation sites is 1. The Morgan fingerprint density at radius 3 is 2.82 bits per heavy atom. The summed E-state index contributed by atoms with van der Waals surface area (Å²) in [5, 5.41) is 10.7. The smallest absolute Gasteiger partial charge is 0.223 e. The lowest BCUT2D eigenvalue weighted by Gasteiger charge is -2.25. The van der Waals surface area contributed by atoms with Gasteiger partial charge in [-0.15, -0.1) is 0 Å². The van der Waals surface area contributed by atoms with Crippen LogP contribution >= 0.6 is 0 Å². The predicted octanol–water partition coefficient (Wildman–Crippen LogP) is 2.05. The Morgan fingerprint density at radius 2 is 2.09 bits per heavy atom. The number of hydrogen-bond acceptors (Lipinski definition) is 3. The van der Waals surface area contributed by atoms with Gasteiger partial charge < -0.3 is 10.6 Å². The standard InChI is InChI=1S/C17H22N4O/c1-13(20-17(22)14-7-10-18-11-8-14)15-5-2-3-6-16(15)21-12-4-9-19-21/h2-6,9,12-14,18H,7-8,10-11H2,1H3,(H,20,22). The van der Waals surface area contributed by atoms with Crippen LogP contribution in [0.5, 0.6) is 0 Å². The number of carbonyl (C=O) groups is 1. The highest BCUT2D eigenvalue weighted by Gasteiger charge is 2.23. The van der Waals surface area contributed by atoms with Crippen LogP contribution in [-0.4, -0.2) is 28.8 Å². The molecule has 0 spiro atoms. The number of piperidine rings is 1. The minimum Gasteiger partial charge on any atom is -0.349 e. The van der Waals surface area contributed by atoms with Gasteiger partial charge in [-0.05, 0) is 50.6 Å². The Kier molecular flexibility index (Phi) is 4.53. The SMILES string of the molecule is CC(NC(=O)C1CCNCC1)c1ccccc1-n1cccn1. The molecule has 1 aliphatic heterocycles. The van der Waals surface area contributed by atoms with E-state index < -0.39 is 0 Å². The molecule has 1 fully saturated rings. The van der Waals surface area contributed by atoms with Gasteiger partial charge in [-0.2, -0.15) is 5.10 Å². The molecule has 1 aromatic carbocycles. The zero-order valence-electron chi connectivity index (χ0n) is 12.8. The maximum Gasteiger partial charge on any atom is 0.223 e. The summed E-state index contributed by atoms with van der Waals surface area (Å²) in [6.45, 7) is 3.88. The highest BCUT2D eigenvalue weighted by molar-refractivity contribution is 5.79. The van der Waals surface area contributed by atoms with Gasteiger partial charge in [0, 0.05) is 18.3 Å². The molecular weight excluding hydrogens is 276 g/mol. The van der Waals surface area contributed by atoms with Crippen molar-refractivity contribution in [1.29, 1.82) is 0 Å². The maximum atomic E-state index is 12.4. The number of nitrogens with one attached hydrogen (secondary N) is 2. The number of benzene rings is 1. The summed E-state index contributed by atoms with van der Waals surface area (Å²) in [4.78, 5) is 12.4. The fourth-order valence-electron chi connectivity index (χ4n) is 2.97. The summed E-state index contributed by atoms with van der Waals surface area (Å²) in [6, 6.07) is 9.91. The molecule has 3 rings (SSSR count). The van der Waals surface area contributed by atoms with Crippen LogP contribution in [0.4, 0.5) is 0 Å². The van der Waals surface area contributed by atoms with Crippen molar-refractivity contribution in [3.63, 3.8) is 0 Å². The quantitative estimate of drug-likeness (QED) is 0.908. The van der Waals surface area contributed by atoms with Crippen molar-refractivity contribution in [3.8, 4) is 5.69 Å². The molecule has 1 aliphatic rings. The van der Waals surface area contributed by atoms with Crippen LogP contribution in [0.1, 0.15) is 31.4 Å². The number of hydrogen-bond donors (Lipinski definition) is 2. The Morgan fingerprint density at radius 1 is 1.32 bits per heavy atom. The summed E-state index contributed by atoms with van der Waals surface area (Å²) >= 11 is 0. The van der Waals surface area contributed by atoms with Crippen molar-refractivity contribution in [2.45, 2.75) is 25.8 Å². The first-order valence-corrected chi connectivity index (χ1v) is 7.86. The molecule has 1 unspecified atom stereocenters. The number of aromatic nitrogens is 2. The molecule has 2 heterocycles. The van der Waals surface area contributed by atoms with E-state index in [1.807, 2.05) is 48.1 Å². The largest absolute Gasteiger partial charge is 0.349 e. The minimum atomic E-state index is -0.0391. The van der Waals surface area contributed by atoms with E-state index in [9.17, 15) is 4.79 Å². The van der Waals surface area contributed by atoms with Crippen LogP contribution in [0, 0.1) is 5.92 Å². The number of rotatable bonds is 4. The van der Waals surface area contributed by atoms with E-state index >= 15 is 0 Å². The molecule has 0 aliphatic carbocycles. The zero-order chi connectivity index (χ0) is 15.4. The second-order valence-corrected chi connectivity index (χ2v) is 5.76. The van der Waals surface area contributed by atoms with Crippen molar-refractivity contribution in [3.05, 3.63) is 48.3 Å². The van der Waals surface area contributed by atoms with Gasteiger partial charge in [-0.25, -0.2) is 4.68 Å². The Bertz CT molecular complexity index is 617. The van der Waals surface area contributed by atoms with Gasteiger partial charge in [-0.3, -0.25) is 4.79 Å². The van der Waals surface area contributed by atoms with E-state index in [4.69, 9.17) is 0 Å². The number of amides is 1. The van der Waals surface area contributed by atoms with Gasteiger partial charge in [-0.1, -0.05) is 18.2 Å². The molecule has 0 bridgehead atoms. The van der Waals surface area contributed by atoms with Crippen LogP contribution in [0.25, 0.3) is 5.69 Å². The van der Waals surface area contributed by atoms with E-state index in [0.717, 1.165) is 37.2 Å². The fraction of sp³-hybridized carbons (Fsp3) is 0.412. The molecule has 5 heteroatoms. The van der Waals surface area contributed by atoms with Gasteiger partial charge in [0.05, 0.1) is 11.7 Å². The van der Waals surface area contributed by atoms with Crippen LogP contribution in [-0.2, 0) is 4.79 Å². The van der Waals surface area contributed by atoms with Gasteiger partial charge in [0.2, 0.25) is 5.91 Å². The third kappa shape index (κ3) is 3.20. The Hall–Kier alpha value is -2.14. The molecule has 0 radical (unpaired) electrons. The molecule has 1 atom stereocenters. The van der Waals surface area contributed by atoms with E-state index in [0.29, 0.717) is 0 Å². The van der Waals surface area contributed by atoms with Gasteiger partial charge >= 0.3 is 0 Å². The number of nitrogens with zero attached hydrogens (tertiary/aromatic N) is 2. The highest BCUT2D eigenvalue weighted by Crippen LogP contribution is 2.22. The average molecular weight is 298 g/mol. The molecule has 22 heavy (non-hydrogen) atoms. The minimum absolute atomic E-state index is 0.0391. The molecular formula is C17H22N4O. The molecule has 1 aromatic heterocycles. The second-order valence-electron chi connectivity index (χ2n) is 5.76. The Labute approximate surface area is 130 Å². The fourth-order valence-corrected chi connectivity index (χ4v) is 2.97. The van der Waals surface area contributed by atoms with Crippen LogP contribution in [0.2, 0.25) is 0 Å². The molecule has 2 N–H and O–H groups in total. The third-order valence-corrected chi connectivity index (χ3v) is 4.22. The topological polar surface area (TPSA) is 59.0 Å². The lowest BCUT2D eigenvalue weighted by atomic mass is 9.96. The van der Waals surface area contributed by atoms with Gasteiger partial charge in [0.25, 0.3) is 0 Å². The average Bonchev–Trinajstić information content (AvgIpc) is 3.10. The molecule has 116 valence electrons. The summed E-state index contributed by atoms with van der Waals surface area (Å²) in [5.74, 6) is 0.282. The summed E-state index contributed by atoms with van der Waals surface area (Å²) in [6.07, 6.45) is 5.51. The second kappa shape index (κ2) is 6.75. The molecule has 0 saturated carbocycles. The normalized spacial score (nSPS) is 17.1. The summed E-state index contributed by atoms with van der Waals surface area (Å²) < 4.78 is 1.84. The van der Waals surface area contributed by atoms with Gasteiger partial charge in [0.1, 0.15) is 0 Å². The summed E-state index contributed by atoms with van der Waals surface area (Å²) in [5.41, 5.74) is 2.08. The van der Waals surface area contributed by atoms with E-state index in [1.165, 1.54) is 0 Å². The maximum absolute atomic E-state index is 12.4. The first kappa shape index (κ1) is 14.8. The first-order chi connectivity index (χ1) is 10.8. The Balaban J connectivity index is 1.75. The van der Waals surface area contributed by atoms with Crippen molar-refractivity contribution in [1.82, 2.24) is 20.4 Å². The third-order valence-electron chi connectivity index (χ3n) is 4.22. The number of carbonyl (C=O) groups excluding carboxylic acids is 1. The molecule has 2 aromatic rings. The zero-order valence-corrected chi connectivity index (χ0v) is 12.8. The highest BCUT2D eigenvalue weighted by atomic mass is 16.1. The van der Waals surface area contributed by atoms with Crippen LogP contribution in [0.15, 0.2) is 42.7 Å². The van der Waals surface area contributed by atoms with Crippen molar-refractivity contribution >= 4 is 5.91 Å². The summed E-state index contributed by atoms with van der Waals surface area (Å²) in [7, 11) is 0. The molecule has 5 nitrogen and oxygen atoms in total. The van der Waals surface area contributed by atoms with Gasteiger partial charge in [0.15, 0.2) is 0 Å². The van der Waals surface area contributed by atoms with E-state index in [-0.39, 0.29) is 17.9 Å². The van der Waals surface area contributed by atoms with Crippen molar-refractivity contribution in [2.24, 2.45) is 5.92 Å². The first-order valence-electron chi connectivity index (χ1n) is 7.86. The molecule has 1 amide bonds. The lowest BCUT2D eigenvalue weighted by Crippen LogP contribution is -2.39. The van der Waals surface area contributed by atoms with Crippen LogP contribution < -0.4 is 10.6 Å². The lowest BCUT2D eigenvalue weighted by molar-refractivity contribution is -0.126. The molecule has 1 saturated heterocycles. The van der Waals surface area contributed by atoms with Crippen molar-refractivity contribution in [2.75, 3.05) is 13.1 Å². The van der Waals surface area contributed by atoms with E-state index in [1.54, 1.807) is 6.20 Å². The monoisotopic (exact) mass is 298 g/mol. The van der Waals surface area contributed by atoms with Crippen molar-refractivity contribution < 1.29 is 4.79 Å².